The molecule has 0 aliphatic carbocycles. The van der Waals surface area contributed by atoms with E-state index in [1.54, 1.807) is 0 Å². The molecule has 0 amide bonds. The van der Waals surface area contributed by atoms with E-state index in [0.29, 0.717) is 12.2 Å². The van der Waals surface area contributed by atoms with E-state index in [9.17, 15) is 0 Å². The quantitative estimate of drug-likeness (QED) is 0.491. The lowest BCUT2D eigenvalue weighted by molar-refractivity contribution is -0.0471. The maximum Gasteiger partial charge on any atom is 0.110 e. The largest absolute Gasteiger partial charge is 0.370 e. The molecule has 2 fully saturated rings. The lowest BCUT2D eigenvalue weighted by atomic mass is 9.98. The highest BCUT2D eigenvalue weighted by Crippen LogP contribution is 2.40. The fourth-order valence-corrected chi connectivity index (χ4v) is 2.09. The smallest absolute Gasteiger partial charge is 0.110 e. The normalized spacial score (nSPS) is 43.5. The van der Waals surface area contributed by atoms with Crippen LogP contribution in [0.25, 0.3) is 0 Å². The molecule has 0 aromatic carbocycles. The van der Waals surface area contributed by atoms with Crippen LogP contribution in [-0.2, 0) is 9.47 Å². The molecule has 0 N–H and O–H groups in total. The van der Waals surface area contributed by atoms with Crippen LogP contribution in [0.1, 0.15) is 32.6 Å². The summed E-state index contributed by atoms with van der Waals surface area (Å²) < 4.78 is 11.3. The van der Waals surface area contributed by atoms with E-state index in [0.717, 1.165) is 25.9 Å². The summed E-state index contributed by atoms with van der Waals surface area (Å²) in [6.07, 6.45) is 7.29. The first-order valence-electron chi connectivity index (χ1n) is 5.15. The number of rotatable bonds is 4. The monoisotopic (exact) mass is 182 g/mol. The second-order valence-electron chi connectivity index (χ2n) is 4.28. The van der Waals surface area contributed by atoms with E-state index in [1.165, 1.54) is 6.42 Å². The molecule has 0 bridgehead atoms. The molecule has 0 aromatic heterocycles. The first-order chi connectivity index (χ1) is 6.24. The zero-order chi connectivity index (χ0) is 9.31. The highest BCUT2D eigenvalue weighted by molar-refractivity contribution is 4.97. The Kier molecular flexibility index (Phi) is 2.43. The van der Waals surface area contributed by atoms with Crippen molar-refractivity contribution in [2.45, 2.75) is 50.4 Å². The SMILES string of the molecule is C=CCC[C@H]1CC[C@@](C)([C@H]2CO2)O1. The van der Waals surface area contributed by atoms with Gasteiger partial charge in [-0.1, -0.05) is 6.08 Å². The molecule has 0 radical (unpaired) electrons. The van der Waals surface area contributed by atoms with Crippen molar-refractivity contribution in [1.29, 1.82) is 0 Å². The maximum atomic E-state index is 6.00. The molecule has 3 atom stereocenters. The summed E-state index contributed by atoms with van der Waals surface area (Å²) in [6, 6.07) is 0. The Hall–Kier alpha value is -0.340. The van der Waals surface area contributed by atoms with Gasteiger partial charge in [0, 0.05) is 0 Å². The average molecular weight is 182 g/mol. The van der Waals surface area contributed by atoms with Crippen LogP contribution in [0.4, 0.5) is 0 Å². The molecule has 74 valence electrons. The standard InChI is InChI=1S/C11H18O2/c1-3-4-5-9-6-7-11(2,13-9)10-8-12-10/h3,9-10H,1,4-8H2,2H3/t9-,10+,11-/m0/s1. The third kappa shape index (κ3) is 1.94. The molecule has 2 rings (SSSR count). The van der Waals surface area contributed by atoms with Crippen LogP contribution in [0.15, 0.2) is 12.7 Å². The zero-order valence-electron chi connectivity index (χ0n) is 8.29. The van der Waals surface area contributed by atoms with Gasteiger partial charge in [0.2, 0.25) is 0 Å². The van der Waals surface area contributed by atoms with Crippen LogP contribution < -0.4 is 0 Å². The van der Waals surface area contributed by atoms with Gasteiger partial charge in [-0.05, 0) is 32.6 Å². The summed E-state index contributed by atoms with van der Waals surface area (Å²) in [5, 5.41) is 0. The molecule has 2 nitrogen and oxygen atoms in total. The number of epoxide rings is 1. The summed E-state index contributed by atoms with van der Waals surface area (Å²) in [6.45, 7) is 6.80. The minimum Gasteiger partial charge on any atom is -0.370 e. The van der Waals surface area contributed by atoms with Crippen LogP contribution >= 0.6 is 0 Å². The van der Waals surface area contributed by atoms with E-state index in [4.69, 9.17) is 9.47 Å². The highest BCUT2D eigenvalue weighted by atomic mass is 16.6. The van der Waals surface area contributed by atoms with E-state index in [-0.39, 0.29) is 5.60 Å². The van der Waals surface area contributed by atoms with Gasteiger partial charge >= 0.3 is 0 Å². The average Bonchev–Trinajstić information content (AvgIpc) is 2.89. The minimum atomic E-state index is 0.0197. The summed E-state index contributed by atoms with van der Waals surface area (Å²) in [5.41, 5.74) is 0.0197. The van der Waals surface area contributed by atoms with Crippen molar-refractivity contribution in [1.82, 2.24) is 0 Å². The van der Waals surface area contributed by atoms with E-state index >= 15 is 0 Å². The Bertz CT molecular complexity index is 198. The van der Waals surface area contributed by atoms with Crippen LogP contribution in [0.2, 0.25) is 0 Å². The second kappa shape index (κ2) is 3.43. The van der Waals surface area contributed by atoms with Gasteiger partial charge in [0.25, 0.3) is 0 Å². The van der Waals surface area contributed by atoms with Crippen molar-refractivity contribution in [3.8, 4) is 0 Å². The van der Waals surface area contributed by atoms with Crippen molar-refractivity contribution < 1.29 is 9.47 Å². The Morgan fingerprint density at radius 2 is 2.38 bits per heavy atom. The predicted octanol–water partition coefficient (Wildman–Crippen LogP) is 2.29. The molecule has 2 heteroatoms. The van der Waals surface area contributed by atoms with Crippen LogP contribution in [-0.4, -0.2) is 24.4 Å². The van der Waals surface area contributed by atoms with Crippen molar-refractivity contribution in [2.75, 3.05) is 6.61 Å². The molecule has 0 aromatic rings. The Labute approximate surface area is 79.9 Å². The van der Waals surface area contributed by atoms with Crippen molar-refractivity contribution >= 4 is 0 Å². The number of hydrogen-bond acceptors (Lipinski definition) is 2. The Balaban J connectivity index is 1.82. The fraction of sp³-hybridized carbons (Fsp3) is 0.818. The molecular weight excluding hydrogens is 164 g/mol. The molecular formula is C11H18O2. The highest BCUT2D eigenvalue weighted by Gasteiger charge is 2.48. The van der Waals surface area contributed by atoms with Gasteiger partial charge in [0.1, 0.15) is 6.10 Å². The first-order valence-corrected chi connectivity index (χ1v) is 5.15. The fourth-order valence-electron chi connectivity index (χ4n) is 2.09. The van der Waals surface area contributed by atoms with Crippen molar-refractivity contribution in [2.24, 2.45) is 0 Å². The summed E-state index contributed by atoms with van der Waals surface area (Å²) in [7, 11) is 0. The lowest BCUT2D eigenvalue weighted by Gasteiger charge is -2.22. The molecule has 13 heavy (non-hydrogen) atoms. The van der Waals surface area contributed by atoms with Crippen LogP contribution in [0.5, 0.6) is 0 Å². The Morgan fingerprint density at radius 1 is 1.62 bits per heavy atom. The third-order valence-corrected chi connectivity index (χ3v) is 3.11. The summed E-state index contributed by atoms with van der Waals surface area (Å²) in [5.74, 6) is 0. The Morgan fingerprint density at radius 3 is 3.00 bits per heavy atom. The number of allylic oxidation sites excluding steroid dienone is 1. The van der Waals surface area contributed by atoms with Gasteiger partial charge in [-0.3, -0.25) is 0 Å². The van der Waals surface area contributed by atoms with E-state index in [1.807, 2.05) is 6.08 Å². The molecule has 0 unspecified atom stereocenters. The lowest BCUT2D eigenvalue weighted by Crippen LogP contribution is -2.31. The molecule has 2 aliphatic rings. The molecule has 2 heterocycles. The minimum absolute atomic E-state index is 0.0197. The number of hydrogen-bond donors (Lipinski definition) is 0. The van der Waals surface area contributed by atoms with Gasteiger partial charge < -0.3 is 9.47 Å². The molecule has 2 aliphatic heterocycles. The van der Waals surface area contributed by atoms with Gasteiger partial charge in [-0.15, -0.1) is 6.58 Å². The molecule has 0 spiro atoms. The third-order valence-electron chi connectivity index (χ3n) is 3.11. The maximum absolute atomic E-state index is 6.00. The van der Waals surface area contributed by atoms with Gasteiger partial charge in [-0.2, -0.15) is 0 Å². The van der Waals surface area contributed by atoms with Crippen molar-refractivity contribution in [3.05, 3.63) is 12.7 Å². The van der Waals surface area contributed by atoms with Gasteiger partial charge in [0.15, 0.2) is 0 Å². The summed E-state index contributed by atoms with van der Waals surface area (Å²) >= 11 is 0. The second-order valence-corrected chi connectivity index (χ2v) is 4.28. The topological polar surface area (TPSA) is 21.8 Å². The van der Waals surface area contributed by atoms with E-state index in [2.05, 4.69) is 13.5 Å². The number of ether oxygens (including phenoxy) is 2. The molecule has 2 saturated heterocycles. The van der Waals surface area contributed by atoms with Crippen LogP contribution in [0.3, 0.4) is 0 Å². The predicted molar refractivity (Wildman–Crippen MR) is 51.7 cm³/mol. The summed E-state index contributed by atoms with van der Waals surface area (Å²) in [4.78, 5) is 0. The van der Waals surface area contributed by atoms with E-state index < -0.39 is 0 Å². The zero-order valence-corrected chi connectivity index (χ0v) is 8.29. The van der Waals surface area contributed by atoms with Crippen molar-refractivity contribution in [3.63, 3.8) is 0 Å². The van der Waals surface area contributed by atoms with Gasteiger partial charge in [-0.25, -0.2) is 0 Å². The first kappa shape index (κ1) is 9.22. The van der Waals surface area contributed by atoms with Crippen LogP contribution in [0, 0.1) is 0 Å². The molecule has 0 saturated carbocycles. The van der Waals surface area contributed by atoms with Gasteiger partial charge in [0.05, 0.1) is 18.3 Å².